The maximum Gasteiger partial charge on any atom is 2.00 e. The molecule has 3 aromatic carbocycles. The van der Waals surface area contributed by atoms with Gasteiger partial charge >= 0.3 is 26.2 Å². The van der Waals surface area contributed by atoms with Crippen molar-refractivity contribution >= 4 is 0 Å². The van der Waals surface area contributed by atoms with Crippen LogP contribution in [-0.4, -0.2) is 0 Å². The minimum absolute atomic E-state index is 0. The van der Waals surface area contributed by atoms with Crippen LogP contribution in [0, 0.1) is 11.3 Å². The molecule has 0 spiro atoms. The van der Waals surface area contributed by atoms with Gasteiger partial charge in [0.25, 0.3) is 0 Å². The smallest absolute Gasteiger partial charge is 1.00 e. The first-order chi connectivity index (χ1) is 18.2. The topological polar surface area (TPSA) is 0 Å². The molecule has 1 fully saturated rings. The van der Waals surface area contributed by atoms with Crippen LogP contribution < -0.4 is 24.8 Å². The van der Waals surface area contributed by atoms with E-state index in [0.29, 0.717) is 11.8 Å². The Bertz CT molecular complexity index is 1450. The molecule has 220 valence electrons. The summed E-state index contributed by atoms with van der Waals surface area (Å²) in [6.07, 6.45) is 7.58. The van der Waals surface area contributed by atoms with Gasteiger partial charge in [0.2, 0.25) is 0 Å². The summed E-state index contributed by atoms with van der Waals surface area (Å²) in [6.45, 7) is 21.2. The van der Waals surface area contributed by atoms with Crippen LogP contribution in [0.2, 0.25) is 0 Å². The number of fused-ring (bicyclic) bond motifs is 4. The number of allylic oxidation sites excluding steroid dienone is 4. The predicted molar refractivity (Wildman–Crippen MR) is 168 cm³/mol. The summed E-state index contributed by atoms with van der Waals surface area (Å²) in [6, 6.07) is 26.3. The maximum absolute atomic E-state index is 2.66. The SMILES string of the molecule is CC(C)(C)C1=CC2C(=C1)CCC2(c1ccccc1)C1c2cc(C(C)(C)C)ccc2-c2ccc(C(C)(C)C)cc21.[Cl-].[Cl-].[Zr+2]. The molecule has 3 aliphatic rings. The third-order valence-electron chi connectivity index (χ3n) is 9.91. The Hall–Kier alpha value is -1.40. The van der Waals surface area contributed by atoms with Gasteiger partial charge < -0.3 is 24.8 Å². The summed E-state index contributed by atoms with van der Waals surface area (Å²) in [7, 11) is 0. The van der Waals surface area contributed by atoms with Crippen LogP contribution in [0.25, 0.3) is 11.1 Å². The third-order valence-corrected chi connectivity index (χ3v) is 9.91. The van der Waals surface area contributed by atoms with Crippen molar-refractivity contribution in [2.24, 2.45) is 11.3 Å². The van der Waals surface area contributed by atoms with Crippen LogP contribution in [0.4, 0.5) is 0 Å². The molecule has 0 saturated heterocycles. The largest absolute Gasteiger partial charge is 2.00 e. The van der Waals surface area contributed by atoms with E-state index in [2.05, 4.69) is 141 Å². The third kappa shape index (κ3) is 5.61. The van der Waals surface area contributed by atoms with Crippen molar-refractivity contribution in [2.75, 3.05) is 0 Å². The average Bonchev–Trinajstić information content (AvgIpc) is 3.53. The van der Waals surface area contributed by atoms with Crippen LogP contribution in [0.15, 0.2) is 90.0 Å². The second kappa shape index (κ2) is 11.8. The normalized spacial score (nSPS) is 21.2. The van der Waals surface area contributed by atoms with E-state index in [9.17, 15) is 0 Å². The minimum Gasteiger partial charge on any atom is -1.00 e. The Labute approximate surface area is 286 Å². The molecule has 42 heavy (non-hydrogen) atoms. The van der Waals surface area contributed by atoms with Gasteiger partial charge in [-0.05, 0) is 73.6 Å². The number of halogens is 2. The summed E-state index contributed by atoms with van der Waals surface area (Å²) >= 11 is 0. The van der Waals surface area contributed by atoms with Gasteiger partial charge in [-0.3, -0.25) is 0 Å². The molecule has 0 aliphatic heterocycles. The molecular formula is C39H46Cl2Zr. The molecule has 0 aromatic heterocycles. The van der Waals surface area contributed by atoms with E-state index in [1.54, 1.807) is 5.57 Å². The molecule has 0 bridgehead atoms. The van der Waals surface area contributed by atoms with Gasteiger partial charge in [0.15, 0.2) is 0 Å². The van der Waals surface area contributed by atoms with Crippen molar-refractivity contribution < 1.29 is 51.0 Å². The van der Waals surface area contributed by atoms with Crippen molar-refractivity contribution in [3.63, 3.8) is 0 Å². The molecular weight excluding hydrogens is 631 g/mol. The summed E-state index contributed by atoms with van der Waals surface area (Å²) < 4.78 is 0. The zero-order chi connectivity index (χ0) is 28.0. The molecule has 0 radical (unpaired) electrons. The summed E-state index contributed by atoms with van der Waals surface area (Å²) in [4.78, 5) is 0. The van der Waals surface area contributed by atoms with Crippen molar-refractivity contribution in [1.29, 1.82) is 0 Å². The Kier molecular flexibility index (Phi) is 9.89. The number of rotatable bonds is 2. The van der Waals surface area contributed by atoms with Crippen LogP contribution in [0.3, 0.4) is 0 Å². The van der Waals surface area contributed by atoms with Crippen LogP contribution in [-0.2, 0) is 42.4 Å². The fourth-order valence-electron chi connectivity index (χ4n) is 7.62. The van der Waals surface area contributed by atoms with Crippen molar-refractivity contribution in [2.45, 2.75) is 97.3 Å². The standard InChI is InChI=1S/C39H46.2ClH.Zr/c1-36(2,3)27-15-17-30-31-18-16-28(37(4,5)6)23-33(31)35(32(30)22-27)39(26-13-11-10-12-14-26)20-19-25-21-29(24-34(25)39)38(7,8)9;;;/h10-18,21-24,34-35H,19-20H2,1-9H3;2*1H;/q;;;+2/p-2. The van der Waals surface area contributed by atoms with Crippen LogP contribution >= 0.6 is 0 Å². The van der Waals surface area contributed by atoms with Crippen LogP contribution in [0.1, 0.15) is 109 Å². The second-order valence-corrected chi connectivity index (χ2v) is 15.5. The quantitative estimate of drug-likeness (QED) is 0.371. The summed E-state index contributed by atoms with van der Waals surface area (Å²) in [5.74, 6) is 0.746. The van der Waals surface area contributed by atoms with Gasteiger partial charge in [-0.2, -0.15) is 0 Å². The number of hydrogen-bond donors (Lipinski definition) is 0. The maximum atomic E-state index is 2.66. The van der Waals surface area contributed by atoms with Gasteiger partial charge in [-0.15, -0.1) is 0 Å². The number of hydrogen-bond acceptors (Lipinski definition) is 0. The first kappa shape index (κ1) is 35.1. The number of benzene rings is 3. The zero-order valence-electron chi connectivity index (χ0n) is 26.8. The van der Waals surface area contributed by atoms with E-state index in [1.807, 2.05) is 0 Å². The van der Waals surface area contributed by atoms with Gasteiger partial charge in [-0.25, -0.2) is 0 Å². The van der Waals surface area contributed by atoms with Gasteiger partial charge in [0, 0.05) is 17.3 Å². The molecule has 3 heteroatoms. The van der Waals surface area contributed by atoms with E-state index in [1.165, 1.54) is 57.4 Å². The molecule has 0 nitrogen and oxygen atoms in total. The van der Waals surface area contributed by atoms with Crippen molar-refractivity contribution in [1.82, 2.24) is 0 Å². The Balaban J connectivity index is 0.00000161. The molecule has 0 N–H and O–H groups in total. The average molecular weight is 677 g/mol. The van der Waals surface area contributed by atoms with Crippen LogP contribution in [0.5, 0.6) is 0 Å². The van der Waals surface area contributed by atoms with E-state index >= 15 is 0 Å². The van der Waals surface area contributed by atoms with E-state index < -0.39 is 0 Å². The molecule has 3 aromatic rings. The Morgan fingerprint density at radius 1 is 0.643 bits per heavy atom. The Morgan fingerprint density at radius 2 is 1.14 bits per heavy atom. The zero-order valence-corrected chi connectivity index (χ0v) is 30.8. The van der Waals surface area contributed by atoms with Crippen molar-refractivity contribution in [3.05, 3.63) is 118 Å². The molecule has 2 unspecified atom stereocenters. The fourth-order valence-corrected chi connectivity index (χ4v) is 7.62. The van der Waals surface area contributed by atoms with Crippen molar-refractivity contribution in [3.8, 4) is 11.1 Å². The van der Waals surface area contributed by atoms with E-state index in [-0.39, 0.29) is 72.7 Å². The van der Waals surface area contributed by atoms with Gasteiger partial charge in [0.05, 0.1) is 0 Å². The van der Waals surface area contributed by atoms with E-state index in [0.717, 1.165) is 0 Å². The molecule has 6 rings (SSSR count). The fraction of sp³-hybridized carbons (Fsp3) is 0.436. The second-order valence-electron chi connectivity index (χ2n) is 15.5. The summed E-state index contributed by atoms with van der Waals surface area (Å²) in [5.41, 5.74) is 13.8. The van der Waals surface area contributed by atoms with Gasteiger partial charge in [-0.1, -0.05) is 147 Å². The van der Waals surface area contributed by atoms with Gasteiger partial charge in [0.1, 0.15) is 0 Å². The molecule has 2 atom stereocenters. The first-order valence-corrected chi connectivity index (χ1v) is 15.0. The molecule has 0 heterocycles. The minimum atomic E-state index is -0.00684. The summed E-state index contributed by atoms with van der Waals surface area (Å²) in [5, 5.41) is 0. The Morgan fingerprint density at radius 3 is 1.60 bits per heavy atom. The van der Waals surface area contributed by atoms with E-state index in [4.69, 9.17) is 0 Å². The molecule has 3 aliphatic carbocycles. The monoisotopic (exact) mass is 674 g/mol. The predicted octanol–water partition coefficient (Wildman–Crippen LogP) is 4.66. The molecule has 0 amide bonds. The first-order valence-electron chi connectivity index (χ1n) is 15.0. The molecule has 1 saturated carbocycles.